The molecule has 0 aliphatic carbocycles. The molecule has 1 aliphatic rings. The molecule has 28 heavy (non-hydrogen) atoms. The van der Waals surface area contributed by atoms with E-state index in [2.05, 4.69) is 4.90 Å². The van der Waals surface area contributed by atoms with Crippen molar-refractivity contribution in [1.82, 2.24) is 9.96 Å². The van der Waals surface area contributed by atoms with Gasteiger partial charge in [-0.3, -0.25) is 14.2 Å². The Bertz CT molecular complexity index is 533. The fourth-order valence-electron chi connectivity index (χ4n) is 2.45. The molecule has 1 unspecified atom stereocenters. The van der Waals surface area contributed by atoms with Crippen LogP contribution in [0, 0.1) is 5.41 Å². The second-order valence-electron chi connectivity index (χ2n) is 8.60. The van der Waals surface area contributed by atoms with E-state index < -0.39 is 17.8 Å². The lowest BCUT2D eigenvalue weighted by Gasteiger charge is -2.30. The van der Waals surface area contributed by atoms with Gasteiger partial charge in [0.15, 0.2) is 0 Å². The molecule has 1 rings (SSSR count). The fraction of sp³-hybridized carbons (Fsp3) is 0.944. The van der Waals surface area contributed by atoms with Crippen molar-refractivity contribution in [3.05, 3.63) is 0 Å². The largest absolute Gasteiger partial charge is 0.464 e. The smallest absolute Gasteiger partial charge is 0.406 e. The summed E-state index contributed by atoms with van der Waals surface area (Å²) >= 11 is 1.04. The molecule has 0 saturated carbocycles. The topological polar surface area (TPSA) is 77.5 Å². The predicted octanol–water partition coefficient (Wildman–Crippen LogP) is 3.43. The van der Waals surface area contributed by atoms with Gasteiger partial charge in [0.2, 0.25) is 0 Å². The molecule has 0 N–H and O–H groups in total. The van der Waals surface area contributed by atoms with Gasteiger partial charge in [0.05, 0.1) is 24.2 Å². The molecule has 0 spiro atoms. The number of hydrogen-bond acceptors (Lipinski definition) is 9. The van der Waals surface area contributed by atoms with E-state index in [9.17, 15) is 9.36 Å². The van der Waals surface area contributed by atoms with Crippen LogP contribution in [-0.2, 0) is 28.0 Å². The van der Waals surface area contributed by atoms with E-state index in [0.29, 0.717) is 12.2 Å². The lowest BCUT2D eigenvalue weighted by Crippen LogP contribution is -2.39. The van der Waals surface area contributed by atoms with Crippen LogP contribution in [0.5, 0.6) is 0 Å². The van der Waals surface area contributed by atoms with Gasteiger partial charge in [-0.15, -0.1) is 0 Å². The van der Waals surface area contributed by atoms with Crippen LogP contribution in [0.4, 0.5) is 0 Å². The van der Waals surface area contributed by atoms with Crippen LogP contribution < -0.4 is 0 Å². The van der Waals surface area contributed by atoms with E-state index in [1.165, 1.54) is 5.06 Å². The van der Waals surface area contributed by atoms with Crippen molar-refractivity contribution in [3.8, 4) is 0 Å². The number of hydroxylamine groups is 2. The summed E-state index contributed by atoms with van der Waals surface area (Å²) < 4.78 is 34.6. The Labute approximate surface area is 173 Å². The molecule has 0 radical (unpaired) electrons. The second kappa shape index (κ2) is 11.3. The molecular formula is C18H37N2O6PS. The van der Waals surface area contributed by atoms with Crippen LogP contribution in [0.3, 0.4) is 0 Å². The number of ether oxygens (including phenoxy) is 2. The Hall–Kier alpha value is -0.150. The number of carbonyl (C=O) groups is 1. The van der Waals surface area contributed by atoms with Crippen molar-refractivity contribution < 1.29 is 28.0 Å². The monoisotopic (exact) mass is 440 g/mol. The van der Waals surface area contributed by atoms with E-state index in [4.69, 9.17) is 18.6 Å². The highest BCUT2D eigenvalue weighted by Gasteiger charge is 2.34. The zero-order valence-corrected chi connectivity index (χ0v) is 20.1. The summed E-state index contributed by atoms with van der Waals surface area (Å²) in [6.07, 6.45) is 0.717. The fourth-order valence-corrected chi connectivity index (χ4v) is 6.30. The first-order chi connectivity index (χ1) is 12.8. The number of rotatable bonds is 11. The molecule has 0 amide bonds. The Balaban J connectivity index is 2.42. The molecular weight excluding hydrogens is 403 g/mol. The third-order valence-electron chi connectivity index (χ3n) is 3.92. The van der Waals surface area contributed by atoms with Crippen LogP contribution in [0.1, 0.15) is 41.0 Å². The number of nitrogens with zero attached hydrogens (tertiary/aromatic N) is 2. The summed E-state index contributed by atoms with van der Waals surface area (Å²) in [6.45, 7) is 10.1. The first-order valence-electron chi connectivity index (χ1n) is 9.63. The Morgan fingerprint density at radius 2 is 1.79 bits per heavy atom. The van der Waals surface area contributed by atoms with Crippen LogP contribution in [0.25, 0.3) is 0 Å². The van der Waals surface area contributed by atoms with Gasteiger partial charge >= 0.3 is 12.8 Å². The van der Waals surface area contributed by atoms with Crippen LogP contribution in [0.2, 0.25) is 0 Å². The van der Waals surface area contributed by atoms with Gasteiger partial charge in [0.1, 0.15) is 6.61 Å². The minimum atomic E-state index is -3.40. The first-order valence-corrected chi connectivity index (χ1v) is 12.8. The standard InChI is InChI=1S/C18H37N2O6PS/c1-17(2,3)25-27(22,26-19(6)7)28-15-14-24-16(21)18(4,5)8-9-20-10-12-23-13-11-20/h8-15H2,1-7H3. The van der Waals surface area contributed by atoms with Crippen molar-refractivity contribution in [3.63, 3.8) is 0 Å². The molecule has 166 valence electrons. The van der Waals surface area contributed by atoms with E-state index in [1.54, 1.807) is 14.1 Å². The van der Waals surface area contributed by atoms with Crippen molar-refractivity contribution >= 4 is 24.1 Å². The third kappa shape index (κ3) is 10.6. The summed E-state index contributed by atoms with van der Waals surface area (Å²) in [5.41, 5.74) is -1.19. The maximum atomic E-state index is 12.9. The molecule has 0 aromatic heterocycles. The van der Waals surface area contributed by atoms with Gasteiger partial charge in [-0.1, -0.05) is 0 Å². The van der Waals surface area contributed by atoms with Crippen LogP contribution >= 0.6 is 18.2 Å². The number of carbonyl (C=O) groups excluding carboxylic acids is 1. The molecule has 1 saturated heterocycles. The van der Waals surface area contributed by atoms with Gasteiger partial charge < -0.3 is 9.47 Å². The van der Waals surface area contributed by atoms with Crippen molar-refractivity contribution in [1.29, 1.82) is 0 Å². The summed E-state index contributed by atoms with van der Waals surface area (Å²) in [5.74, 6) is 0.0772. The number of esters is 1. The average molecular weight is 441 g/mol. The van der Waals surface area contributed by atoms with Gasteiger partial charge in [-0.25, -0.2) is 9.19 Å². The molecule has 1 heterocycles. The average Bonchev–Trinajstić information content (AvgIpc) is 2.55. The highest BCUT2D eigenvalue weighted by Crippen LogP contribution is 2.62. The van der Waals surface area contributed by atoms with Crippen LogP contribution in [-0.4, -0.2) is 80.8 Å². The summed E-state index contributed by atoms with van der Waals surface area (Å²) in [4.78, 5) is 14.8. The van der Waals surface area contributed by atoms with Crippen molar-refractivity contribution in [2.75, 3.05) is 59.3 Å². The summed E-state index contributed by atoms with van der Waals surface area (Å²) in [5, 5.41) is 1.36. The molecule has 1 atom stereocenters. The molecule has 1 aliphatic heterocycles. The Morgan fingerprint density at radius 3 is 2.32 bits per heavy atom. The van der Waals surface area contributed by atoms with Crippen LogP contribution in [0.15, 0.2) is 0 Å². The molecule has 1 fully saturated rings. The lowest BCUT2D eigenvalue weighted by molar-refractivity contribution is -0.154. The highest BCUT2D eigenvalue weighted by molar-refractivity contribution is 8.55. The minimum absolute atomic E-state index is 0.152. The zero-order valence-electron chi connectivity index (χ0n) is 18.4. The summed E-state index contributed by atoms with van der Waals surface area (Å²) in [6, 6.07) is 0. The van der Waals surface area contributed by atoms with Gasteiger partial charge in [-0.2, -0.15) is 5.06 Å². The van der Waals surface area contributed by atoms with Gasteiger partial charge in [-0.05, 0) is 59.0 Å². The quantitative estimate of drug-likeness (QED) is 0.208. The van der Waals surface area contributed by atoms with E-state index in [1.807, 2.05) is 34.6 Å². The molecule has 0 aromatic carbocycles. The maximum Gasteiger partial charge on any atom is 0.406 e. The Kier molecular flexibility index (Phi) is 10.4. The van der Waals surface area contributed by atoms with E-state index in [0.717, 1.165) is 44.2 Å². The summed E-state index contributed by atoms with van der Waals surface area (Å²) in [7, 11) is 3.30. The normalized spacial score (nSPS) is 18.9. The van der Waals surface area contributed by atoms with E-state index >= 15 is 0 Å². The van der Waals surface area contributed by atoms with Gasteiger partial charge in [0.25, 0.3) is 0 Å². The van der Waals surface area contributed by atoms with Crippen molar-refractivity contribution in [2.24, 2.45) is 5.41 Å². The highest BCUT2D eigenvalue weighted by atomic mass is 32.7. The van der Waals surface area contributed by atoms with Gasteiger partial charge in [0, 0.05) is 32.9 Å². The first kappa shape index (κ1) is 25.9. The minimum Gasteiger partial charge on any atom is -0.464 e. The number of hydrogen-bond donors (Lipinski definition) is 0. The molecule has 0 bridgehead atoms. The Morgan fingerprint density at radius 1 is 1.18 bits per heavy atom. The number of morpholine rings is 1. The third-order valence-corrected chi connectivity index (χ3v) is 7.81. The van der Waals surface area contributed by atoms with E-state index in [-0.39, 0.29) is 12.6 Å². The molecule has 10 heteroatoms. The zero-order chi connectivity index (χ0) is 21.4. The maximum absolute atomic E-state index is 12.9. The molecule has 8 nitrogen and oxygen atoms in total. The predicted molar refractivity (Wildman–Crippen MR) is 112 cm³/mol. The molecule has 0 aromatic rings. The van der Waals surface area contributed by atoms with Crippen molar-refractivity contribution in [2.45, 2.75) is 46.6 Å². The lowest BCUT2D eigenvalue weighted by atomic mass is 9.89. The SMILES string of the molecule is CN(C)OP(=O)(OC(C)(C)C)SCCOC(=O)C(C)(C)CCN1CCOCC1. The second-order valence-corrected chi connectivity index (χ2v) is 12.6.